The minimum atomic E-state index is 0.154. The van der Waals surface area contributed by atoms with Crippen molar-refractivity contribution in [2.24, 2.45) is 0 Å². The molecule has 1 aliphatic rings. The van der Waals surface area contributed by atoms with Gasteiger partial charge in [-0.15, -0.1) is 0 Å². The molecule has 1 N–H and O–H groups in total. The zero-order valence-electron chi connectivity index (χ0n) is 18.3. The number of hydrogen-bond donors (Lipinski definition) is 1. The number of unbranched alkanes of at least 4 members (excludes halogenated alkanes) is 1. The predicted octanol–water partition coefficient (Wildman–Crippen LogP) is 5.42. The van der Waals surface area contributed by atoms with Crippen molar-refractivity contribution in [3.63, 3.8) is 0 Å². The highest BCUT2D eigenvalue weighted by atomic mass is 16.5. The number of nitrogens with zero attached hydrogens (tertiary/aromatic N) is 1. The molecule has 4 heteroatoms. The Labute approximate surface area is 185 Å². The molecule has 1 aliphatic heterocycles. The summed E-state index contributed by atoms with van der Waals surface area (Å²) in [5.74, 6) is 2.26. The smallest absolute Gasteiger partial charge is 0.126 e. The molecule has 3 aromatic carbocycles. The summed E-state index contributed by atoms with van der Waals surface area (Å²) in [7, 11) is 4.19. The fourth-order valence-corrected chi connectivity index (χ4v) is 4.29. The minimum Gasteiger partial charge on any atom is -0.508 e. The van der Waals surface area contributed by atoms with E-state index in [0.717, 1.165) is 43.1 Å². The molecule has 1 heterocycles. The van der Waals surface area contributed by atoms with Gasteiger partial charge < -0.3 is 19.5 Å². The van der Waals surface area contributed by atoms with Gasteiger partial charge in [-0.1, -0.05) is 48.5 Å². The molecule has 4 rings (SSSR count). The van der Waals surface area contributed by atoms with Crippen molar-refractivity contribution in [3.05, 3.63) is 89.5 Å². The summed E-state index contributed by atoms with van der Waals surface area (Å²) in [4.78, 5) is 2.20. The number of phenols is 1. The Morgan fingerprint density at radius 3 is 2.45 bits per heavy atom. The van der Waals surface area contributed by atoms with E-state index in [2.05, 4.69) is 67.5 Å². The molecule has 0 aliphatic carbocycles. The molecule has 31 heavy (non-hydrogen) atoms. The summed E-state index contributed by atoms with van der Waals surface area (Å²) in [6.07, 6.45) is 2.18. The Kier molecular flexibility index (Phi) is 6.78. The van der Waals surface area contributed by atoms with Crippen LogP contribution in [0.1, 0.15) is 41.4 Å². The van der Waals surface area contributed by atoms with Crippen LogP contribution in [0.25, 0.3) is 0 Å². The summed E-state index contributed by atoms with van der Waals surface area (Å²) in [6.45, 7) is 2.40. The van der Waals surface area contributed by atoms with Gasteiger partial charge in [-0.2, -0.15) is 0 Å². The number of ether oxygens (including phenoxy) is 2. The molecule has 0 aromatic heterocycles. The topological polar surface area (TPSA) is 41.9 Å². The fraction of sp³-hybridized carbons (Fsp3) is 0.333. The lowest BCUT2D eigenvalue weighted by Gasteiger charge is -2.34. The van der Waals surface area contributed by atoms with Crippen LogP contribution in [-0.2, 0) is 0 Å². The average molecular weight is 418 g/mol. The van der Waals surface area contributed by atoms with Crippen LogP contribution in [0.2, 0.25) is 0 Å². The molecule has 0 fully saturated rings. The van der Waals surface area contributed by atoms with Crippen LogP contribution in [0.5, 0.6) is 17.2 Å². The molecule has 0 amide bonds. The number of phenolic OH excluding ortho intramolecular Hbond substituents is 1. The summed E-state index contributed by atoms with van der Waals surface area (Å²) >= 11 is 0. The lowest BCUT2D eigenvalue weighted by molar-refractivity contribution is 0.247. The molecule has 0 radical (unpaired) electrons. The number of rotatable bonds is 8. The number of fused-ring (bicyclic) bond motifs is 1. The number of aromatic hydroxyl groups is 1. The normalized spacial score (nSPS) is 17.8. The second-order valence-electron chi connectivity index (χ2n) is 8.46. The van der Waals surface area contributed by atoms with Crippen molar-refractivity contribution < 1.29 is 14.6 Å². The number of benzene rings is 3. The average Bonchev–Trinajstić information content (AvgIpc) is 2.79. The van der Waals surface area contributed by atoms with E-state index >= 15 is 0 Å². The van der Waals surface area contributed by atoms with Crippen LogP contribution in [0.15, 0.2) is 72.8 Å². The molecule has 0 saturated carbocycles. The summed E-state index contributed by atoms with van der Waals surface area (Å²) < 4.78 is 12.0. The maximum absolute atomic E-state index is 9.92. The van der Waals surface area contributed by atoms with Gasteiger partial charge in [0.15, 0.2) is 0 Å². The van der Waals surface area contributed by atoms with Crippen molar-refractivity contribution in [3.8, 4) is 17.2 Å². The van der Waals surface area contributed by atoms with Gasteiger partial charge in [0, 0.05) is 23.5 Å². The molecule has 4 nitrogen and oxygen atoms in total. The molecule has 0 saturated heterocycles. The van der Waals surface area contributed by atoms with Crippen molar-refractivity contribution in [1.82, 2.24) is 4.90 Å². The molecule has 0 spiro atoms. The summed E-state index contributed by atoms with van der Waals surface area (Å²) in [6, 6.07) is 24.4. The molecular formula is C27H31NO3. The molecule has 0 bridgehead atoms. The quantitative estimate of drug-likeness (QED) is 0.497. The van der Waals surface area contributed by atoms with Gasteiger partial charge in [0.2, 0.25) is 0 Å². The predicted molar refractivity (Wildman–Crippen MR) is 124 cm³/mol. The molecule has 3 aromatic rings. The van der Waals surface area contributed by atoms with E-state index in [9.17, 15) is 5.11 Å². The second kappa shape index (κ2) is 9.88. The Bertz CT molecular complexity index is 970. The van der Waals surface area contributed by atoms with E-state index in [4.69, 9.17) is 9.47 Å². The maximum Gasteiger partial charge on any atom is 0.126 e. The third-order valence-corrected chi connectivity index (χ3v) is 5.89. The van der Waals surface area contributed by atoms with E-state index in [1.54, 1.807) is 12.1 Å². The first-order valence-corrected chi connectivity index (χ1v) is 11.0. The van der Waals surface area contributed by atoms with Crippen LogP contribution in [0.3, 0.4) is 0 Å². The van der Waals surface area contributed by atoms with Crippen LogP contribution in [-0.4, -0.2) is 43.9 Å². The van der Waals surface area contributed by atoms with Crippen LogP contribution in [0.4, 0.5) is 0 Å². The van der Waals surface area contributed by atoms with Crippen LogP contribution in [0, 0.1) is 0 Å². The van der Waals surface area contributed by atoms with Gasteiger partial charge in [-0.25, -0.2) is 0 Å². The zero-order chi connectivity index (χ0) is 21.6. The third kappa shape index (κ3) is 5.20. The standard InChI is InChI=1S/C27H31NO3/c1-28(2)16-6-7-17-30-23-13-10-21(11-14-23)27-24-15-12-22(29)18-26(24)31-19-25(27)20-8-4-3-5-9-20/h3-5,8-15,18,25,27,29H,6-7,16-17,19H2,1-2H3. The number of hydrogen-bond acceptors (Lipinski definition) is 4. The van der Waals surface area contributed by atoms with E-state index in [1.165, 1.54) is 11.1 Å². The molecule has 2 unspecified atom stereocenters. The minimum absolute atomic E-state index is 0.154. The van der Waals surface area contributed by atoms with Gasteiger partial charge in [0.1, 0.15) is 17.2 Å². The zero-order valence-corrected chi connectivity index (χ0v) is 18.3. The Morgan fingerprint density at radius 2 is 1.71 bits per heavy atom. The second-order valence-corrected chi connectivity index (χ2v) is 8.46. The monoisotopic (exact) mass is 417 g/mol. The molecular weight excluding hydrogens is 386 g/mol. The summed E-state index contributed by atoms with van der Waals surface area (Å²) in [5.41, 5.74) is 3.59. The van der Waals surface area contributed by atoms with E-state index in [1.807, 2.05) is 12.1 Å². The van der Waals surface area contributed by atoms with E-state index < -0.39 is 0 Å². The Hall–Kier alpha value is -2.98. The van der Waals surface area contributed by atoms with Crippen molar-refractivity contribution >= 4 is 0 Å². The van der Waals surface area contributed by atoms with Crippen LogP contribution >= 0.6 is 0 Å². The van der Waals surface area contributed by atoms with E-state index in [0.29, 0.717) is 6.61 Å². The Balaban J connectivity index is 1.54. The Morgan fingerprint density at radius 1 is 0.935 bits per heavy atom. The van der Waals surface area contributed by atoms with Gasteiger partial charge >= 0.3 is 0 Å². The van der Waals surface area contributed by atoms with Gasteiger partial charge in [0.25, 0.3) is 0 Å². The fourth-order valence-electron chi connectivity index (χ4n) is 4.29. The largest absolute Gasteiger partial charge is 0.508 e. The first-order valence-electron chi connectivity index (χ1n) is 11.0. The third-order valence-electron chi connectivity index (χ3n) is 5.89. The van der Waals surface area contributed by atoms with Gasteiger partial charge in [-0.05, 0) is 62.8 Å². The van der Waals surface area contributed by atoms with E-state index in [-0.39, 0.29) is 17.6 Å². The lowest BCUT2D eigenvalue weighted by atomic mass is 9.76. The van der Waals surface area contributed by atoms with Crippen molar-refractivity contribution in [1.29, 1.82) is 0 Å². The lowest BCUT2D eigenvalue weighted by Crippen LogP contribution is -2.25. The molecule has 2 atom stereocenters. The maximum atomic E-state index is 9.92. The van der Waals surface area contributed by atoms with Crippen molar-refractivity contribution in [2.75, 3.05) is 33.9 Å². The first kappa shape index (κ1) is 21.3. The SMILES string of the molecule is CN(C)CCCCOc1ccc(C2c3ccc(O)cc3OCC2c2ccccc2)cc1. The molecule has 162 valence electrons. The van der Waals surface area contributed by atoms with Crippen molar-refractivity contribution in [2.45, 2.75) is 24.7 Å². The van der Waals surface area contributed by atoms with Gasteiger partial charge in [-0.3, -0.25) is 0 Å². The first-order chi connectivity index (χ1) is 15.1. The highest BCUT2D eigenvalue weighted by molar-refractivity contribution is 5.50. The highest BCUT2D eigenvalue weighted by Gasteiger charge is 2.33. The van der Waals surface area contributed by atoms with Gasteiger partial charge in [0.05, 0.1) is 13.2 Å². The summed E-state index contributed by atoms with van der Waals surface area (Å²) in [5, 5.41) is 9.92. The van der Waals surface area contributed by atoms with Crippen LogP contribution < -0.4 is 9.47 Å². The highest BCUT2D eigenvalue weighted by Crippen LogP contribution is 2.47.